The Morgan fingerprint density at radius 1 is 1.14 bits per heavy atom. The predicted molar refractivity (Wildman–Crippen MR) is 109 cm³/mol. The summed E-state index contributed by atoms with van der Waals surface area (Å²) in [6.45, 7) is 0.349. The van der Waals surface area contributed by atoms with Crippen molar-refractivity contribution in [3.8, 4) is 0 Å². The van der Waals surface area contributed by atoms with Crippen LogP contribution < -0.4 is 5.32 Å². The van der Waals surface area contributed by atoms with Gasteiger partial charge < -0.3 is 15.0 Å². The van der Waals surface area contributed by atoms with E-state index < -0.39 is 12.0 Å². The number of carboxylic acids is 1. The van der Waals surface area contributed by atoms with Crippen LogP contribution in [0.4, 0.5) is 4.39 Å². The minimum absolute atomic E-state index is 0.118. The Balaban J connectivity index is 1.51. The third-order valence-corrected chi connectivity index (χ3v) is 5.45. The minimum atomic E-state index is -1.05. The monoisotopic (exact) mass is 400 g/mol. The maximum absolute atomic E-state index is 13.4. The second kappa shape index (κ2) is 9.41. The lowest BCUT2D eigenvalue weighted by molar-refractivity contribution is -0.141. The highest BCUT2D eigenvalue weighted by Crippen LogP contribution is 2.17. The average Bonchev–Trinajstić information content (AvgIpc) is 3.08. The minimum Gasteiger partial charge on any atom is -0.480 e. The van der Waals surface area contributed by atoms with E-state index in [2.05, 4.69) is 5.32 Å². The van der Waals surface area contributed by atoms with Gasteiger partial charge in [0.1, 0.15) is 11.9 Å². The van der Waals surface area contributed by atoms with E-state index in [1.165, 1.54) is 23.9 Å². The van der Waals surface area contributed by atoms with Crippen molar-refractivity contribution < 1.29 is 19.1 Å². The fraction of sp³-hybridized carbons (Fsp3) is 0.238. The van der Waals surface area contributed by atoms with E-state index in [1.807, 2.05) is 36.4 Å². The van der Waals surface area contributed by atoms with Gasteiger partial charge in [-0.25, -0.2) is 9.18 Å². The molecule has 1 amide bonds. The number of nitrogens with zero attached hydrogens (tertiary/aromatic N) is 1. The SMILES string of the molecule is O=C(CCn1ccc2ccc(F)cc21)N[C@@H](CSCc1ccccc1)C(=O)O. The molecule has 5 nitrogen and oxygen atoms in total. The molecule has 0 unspecified atom stereocenters. The number of amides is 1. The highest BCUT2D eigenvalue weighted by Gasteiger charge is 2.20. The van der Waals surface area contributed by atoms with Crippen molar-refractivity contribution in [1.29, 1.82) is 0 Å². The second-order valence-corrected chi connectivity index (χ2v) is 7.45. The summed E-state index contributed by atoms with van der Waals surface area (Å²) in [5.74, 6) is -0.763. The summed E-state index contributed by atoms with van der Waals surface area (Å²) in [6.07, 6.45) is 1.91. The van der Waals surface area contributed by atoms with E-state index in [4.69, 9.17) is 0 Å². The smallest absolute Gasteiger partial charge is 0.327 e. The first-order chi connectivity index (χ1) is 13.5. The highest BCUT2D eigenvalue weighted by atomic mass is 32.2. The van der Waals surface area contributed by atoms with Crippen LogP contribution in [0, 0.1) is 5.82 Å². The molecule has 3 rings (SSSR count). The topological polar surface area (TPSA) is 71.3 Å². The van der Waals surface area contributed by atoms with E-state index in [-0.39, 0.29) is 23.9 Å². The fourth-order valence-electron chi connectivity index (χ4n) is 2.88. The Bertz CT molecular complexity index is 959. The molecule has 0 aliphatic carbocycles. The molecule has 0 fully saturated rings. The van der Waals surface area contributed by atoms with Crippen LogP contribution >= 0.6 is 11.8 Å². The largest absolute Gasteiger partial charge is 0.480 e. The zero-order valence-corrected chi connectivity index (χ0v) is 16.0. The first-order valence-electron chi connectivity index (χ1n) is 8.91. The standard InChI is InChI=1S/C21H21FN2O3S/c22-17-7-6-16-8-10-24(19(16)12-17)11-9-20(25)23-18(21(26)27)14-28-13-15-4-2-1-3-5-15/h1-8,10,12,18H,9,11,13-14H2,(H,23,25)(H,26,27)/t18-/m0/s1. The van der Waals surface area contributed by atoms with Crippen molar-refractivity contribution in [1.82, 2.24) is 9.88 Å². The molecule has 7 heteroatoms. The Morgan fingerprint density at radius 3 is 2.68 bits per heavy atom. The van der Waals surface area contributed by atoms with Gasteiger partial charge in [-0.2, -0.15) is 11.8 Å². The van der Waals surface area contributed by atoms with Gasteiger partial charge in [-0.05, 0) is 35.2 Å². The third kappa shape index (κ3) is 5.36. The summed E-state index contributed by atoms with van der Waals surface area (Å²) in [4.78, 5) is 23.7. The summed E-state index contributed by atoms with van der Waals surface area (Å²) >= 11 is 1.46. The quantitative estimate of drug-likeness (QED) is 0.575. The number of carbonyl (C=O) groups is 2. The summed E-state index contributed by atoms with van der Waals surface area (Å²) in [6, 6.07) is 15.2. The molecule has 1 atom stereocenters. The molecule has 28 heavy (non-hydrogen) atoms. The lowest BCUT2D eigenvalue weighted by Crippen LogP contribution is -2.42. The van der Waals surface area contributed by atoms with Gasteiger partial charge in [0.05, 0.1) is 5.52 Å². The lowest BCUT2D eigenvalue weighted by Gasteiger charge is -2.14. The summed E-state index contributed by atoms with van der Waals surface area (Å²) in [5, 5.41) is 12.8. The van der Waals surface area contributed by atoms with Crippen LogP contribution in [0.25, 0.3) is 10.9 Å². The van der Waals surface area contributed by atoms with Crippen LogP contribution in [0.5, 0.6) is 0 Å². The number of aromatic nitrogens is 1. The zero-order valence-electron chi connectivity index (χ0n) is 15.2. The van der Waals surface area contributed by atoms with Crippen molar-refractivity contribution in [3.05, 3.63) is 72.2 Å². The molecule has 2 N–H and O–H groups in total. The number of rotatable bonds is 9. The molecule has 0 bridgehead atoms. The Morgan fingerprint density at radius 2 is 1.93 bits per heavy atom. The number of thioether (sulfide) groups is 1. The number of aryl methyl sites for hydroxylation is 1. The number of carboxylic acid groups (broad SMARTS) is 1. The van der Waals surface area contributed by atoms with Crippen LogP contribution in [0.3, 0.4) is 0 Å². The van der Waals surface area contributed by atoms with E-state index in [1.54, 1.807) is 16.8 Å². The fourth-order valence-corrected chi connectivity index (χ4v) is 3.89. The molecule has 146 valence electrons. The molecule has 1 heterocycles. The van der Waals surface area contributed by atoms with Crippen LogP contribution in [0.2, 0.25) is 0 Å². The second-order valence-electron chi connectivity index (χ2n) is 6.42. The normalized spacial score (nSPS) is 12.0. The summed E-state index contributed by atoms with van der Waals surface area (Å²) in [5.41, 5.74) is 1.82. The molecule has 0 radical (unpaired) electrons. The molecule has 3 aromatic rings. The highest BCUT2D eigenvalue weighted by molar-refractivity contribution is 7.98. The van der Waals surface area contributed by atoms with E-state index in [9.17, 15) is 19.1 Å². The molecule has 0 aliphatic heterocycles. The van der Waals surface area contributed by atoms with Gasteiger partial charge in [-0.15, -0.1) is 0 Å². The number of hydrogen-bond acceptors (Lipinski definition) is 3. The van der Waals surface area contributed by atoms with Gasteiger partial charge in [0.25, 0.3) is 0 Å². The number of benzene rings is 2. The van der Waals surface area contributed by atoms with Gasteiger partial charge in [-0.1, -0.05) is 30.3 Å². The van der Waals surface area contributed by atoms with Crippen LogP contribution in [0.15, 0.2) is 60.8 Å². The summed E-state index contributed by atoms with van der Waals surface area (Å²) in [7, 11) is 0. The number of aliphatic carboxylic acids is 1. The van der Waals surface area contributed by atoms with E-state index in [0.717, 1.165) is 10.9 Å². The van der Waals surface area contributed by atoms with Crippen LogP contribution in [-0.4, -0.2) is 33.3 Å². The lowest BCUT2D eigenvalue weighted by atomic mass is 10.2. The number of hydrogen-bond donors (Lipinski definition) is 2. The Hall–Kier alpha value is -2.80. The average molecular weight is 400 g/mol. The molecule has 2 aromatic carbocycles. The first-order valence-corrected chi connectivity index (χ1v) is 10.1. The van der Waals surface area contributed by atoms with Crippen LogP contribution in [-0.2, 0) is 21.9 Å². The van der Waals surface area contributed by atoms with Gasteiger partial charge in [-0.3, -0.25) is 4.79 Å². The molecule has 0 saturated carbocycles. The maximum atomic E-state index is 13.4. The molecule has 0 aliphatic rings. The van der Waals surface area contributed by atoms with Crippen LogP contribution in [0.1, 0.15) is 12.0 Å². The van der Waals surface area contributed by atoms with Gasteiger partial charge in [0.15, 0.2) is 0 Å². The van der Waals surface area contributed by atoms with E-state index >= 15 is 0 Å². The zero-order chi connectivity index (χ0) is 19.9. The number of fused-ring (bicyclic) bond motifs is 1. The number of halogens is 1. The molecule has 0 spiro atoms. The first kappa shape index (κ1) is 19.9. The van der Waals surface area contributed by atoms with Crippen molar-refractivity contribution in [2.45, 2.75) is 24.8 Å². The maximum Gasteiger partial charge on any atom is 0.327 e. The Kier molecular flexibility index (Phi) is 6.71. The molecule has 0 saturated heterocycles. The molecular formula is C21H21FN2O3S. The van der Waals surface area contributed by atoms with Gasteiger partial charge >= 0.3 is 5.97 Å². The summed E-state index contributed by atoms with van der Waals surface area (Å²) < 4.78 is 15.2. The predicted octanol–water partition coefficient (Wildman–Crippen LogP) is 3.67. The van der Waals surface area contributed by atoms with Gasteiger partial charge in [0.2, 0.25) is 5.91 Å². The van der Waals surface area contributed by atoms with Crippen molar-refractivity contribution in [2.75, 3.05) is 5.75 Å². The van der Waals surface area contributed by atoms with Crippen molar-refractivity contribution in [2.24, 2.45) is 0 Å². The number of carbonyl (C=O) groups excluding carboxylic acids is 1. The third-order valence-electron chi connectivity index (χ3n) is 4.35. The molecular weight excluding hydrogens is 379 g/mol. The number of nitrogens with one attached hydrogen (secondary N) is 1. The van der Waals surface area contributed by atoms with Gasteiger partial charge in [0, 0.05) is 30.7 Å². The molecule has 1 aromatic heterocycles. The van der Waals surface area contributed by atoms with Crippen molar-refractivity contribution in [3.63, 3.8) is 0 Å². The van der Waals surface area contributed by atoms with Crippen molar-refractivity contribution >= 4 is 34.5 Å². The Labute approximate surface area is 166 Å². The van der Waals surface area contributed by atoms with E-state index in [0.29, 0.717) is 17.8 Å².